The van der Waals surface area contributed by atoms with Gasteiger partial charge in [-0.3, -0.25) is 9.78 Å². The van der Waals surface area contributed by atoms with Crippen LogP contribution in [0.5, 0.6) is 11.5 Å². The van der Waals surface area contributed by atoms with E-state index in [9.17, 15) is 9.59 Å². The Morgan fingerprint density at radius 1 is 0.963 bits per heavy atom. The summed E-state index contributed by atoms with van der Waals surface area (Å²) in [6.07, 6.45) is 0. The number of anilines is 1. The highest BCUT2D eigenvalue weighted by molar-refractivity contribution is 5.95. The molecule has 138 valence electrons. The SMILES string of the molecule is O=C(c1ccc2c(c1)OCO2)N1CCN(c2ccc3oc(=O)[nH]c3c2)CC1. The number of piperazine rings is 1. The van der Waals surface area contributed by atoms with E-state index in [1.807, 2.05) is 17.0 Å². The molecule has 0 unspecified atom stereocenters. The van der Waals surface area contributed by atoms with Gasteiger partial charge in [0.2, 0.25) is 6.79 Å². The predicted octanol–water partition coefficient (Wildman–Crippen LogP) is 1.81. The predicted molar refractivity (Wildman–Crippen MR) is 97.5 cm³/mol. The Morgan fingerprint density at radius 2 is 1.78 bits per heavy atom. The molecule has 0 saturated carbocycles. The van der Waals surface area contributed by atoms with Gasteiger partial charge in [0.25, 0.3) is 5.91 Å². The Morgan fingerprint density at radius 3 is 2.63 bits per heavy atom. The van der Waals surface area contributed by atoms with Gasteiger partial charge in [-0.15, -0.1) is 0 Å². The lowest BCUT2D eigenvalue weighted by atomic mass is 10.1. The number of carbonyl (C=O) groups is 1. The van der Waals surface area contributed by atoms with Crippen LogP contribution in [0, 0.1) is 0 Å². The van der Waals surface area contributed by atoms with Crippen molar-refractivity contribution in [2.45, 2.75) is 0 Å². The third kappa shape index (κ3) is 2.79. The van der Waals surface area contributed by atoms with Crippen molar-refractivity contribution in [3.8, 4) is 11.5 Å². The van der Waals surface area contributed by atoms with Crippen molar-refractivity contribution in [3.63, 3.8) is 0 Å². The van der Waals surface area contributed by atoms with Crippen LogP contribution in [0.2, 0.25) is 0 Å². The molecule has 1 fully saturated rings. The Labute approximate surface area is 153 Å². The minimum absolute atomic E-state index is 0.0115. The number of benzene rings is 2. The first-order valence-corrected chi connectivity index (χ1v) is 8.74. The van der Waals surface area contributed by atoms with Crippen LogP contribution in [0.4, 0.5) is 5.69 Å². The van der Waals surface area contributed by atoms with E-state index in [2.05, 4.69) is 9.88 Å². The zero-order valence-electron chi connectivity index (χ0n) is 14.4. The second-order valence-electron chi connectivity index (χ2n) is 6.54. The van der Waals surface area contributed by atoms with Crippen LogP contribution in [-0.2, 0) is 0 Å². The molecule has 8 nitrogen and oxygen atoms in total. The molecule has 2 aromatic carbocycles. The fraction of sp³-hybridized carbons (Fsp3) is 0.263. The van der Waals surface area contributed by atoms with Crippen molar-refractivity contribution in [3.05, 3.63) is 52.5 Å². The van der Waals surface area contributed by atoms with Crippen molar-refractivity contribution in [2.24, 2.45) is 0 Å². The number of fused-ring (bicyclic) bond motifs is 2. The summed E-state index contributed by atoms with van der Waals surface area (Å²) in [6.45, 7) is 2.85. The first-order valence-electron chi connectivity index (χ1n) is 8.74. The van der Waals surface area contributed by atoms with Crippen LogP contribution in [0.1, 0.15) is 10.4 Å². The molecule has 2 aliphatic rings. The third-order valence-corrected chi connectivity index (χ3v) is 4.95. The molecule has 1 aromatic heterocycles. The van der Waals surface area contributed by atoms with Crippen LogP contribution in [0.15, 0.2) is 45.6 Å². The fourth-order valence-corrected chi connectivity index (χ4v) is 3.52. The van der Waals surface area contributed by atoms with Gasteiger partial charge in [-0.2, -0.15) is 0 Å². The van der Waals surface area contributed by atoms with Crippen LogP contribution in [0.25, 0.3) is 11.1 Å². The molecule has 0 radical (unpaired) electrons. The zero-order chi connectivity index (χ0) is 18.4. The number of aromatic amines is 1. The molecule has 1 N–H and O–H groups in total. The number of carbonyl (C=O) groups excluding carboxylic acids is 1. The molecular weight excluding hydrogens is 350 g/mol. The zero-order valence-corrected chi connectivity index (χ0v) is 14.4. The molecule has 3 aromatic rings. The summed E-state index contributed by atoms with van der Waals surface area (Å²) in [5.74, 6) is 0.815. The summed E-state index contributed by atoms with van der Waals surface area (Å²) in [5.41, 5.74) is 2.82. The maximum Gasteiger partial charge on any atom is 0.417 e. The number of nitrogens with one attached hydrogen (secondary N) is 1. The van der Waals surface area contributed by atoms with E-state index in [0.29, 0.717) is 54.3 Å². The highest BCUT2D eigenvalue weighted by atomic mass is 16.7. The molecule has 2 aliphatic heterocycles. The van der Waals surface area contributed by atoms with Crippen molar-refractivity contribution in [1.82, 2.24) is 9.88 Å². The molecule has 3 heterocycles. The standard InChI is InChI=1S/C19H17N3O5/c23-18(12-1-3-16-17(9-12)26-11-25-16)22-7-5-21(6-8-22)13-2-4-15-14(10-13)20-19(24)27-15/h1-4,9-10H,5-8,11H2,(H,20,24). The largest absolute Gasteiger partial charge is 0.454 e. The van der Waals surface area contributed by atoms with Gasteiger partial charge in [-0.05, 0) is 36.4 Å². The average Bonchev–Trinajstić information content (AvgIpc) is 3.31. The quantitative estimate of drug-likeness (QED) is 0.743. The van der Waals surface area contributed by atoms with Crippen molar-refractivity contribution < 1.29 is 18.7 Å². The Bertz CT molecular complexity index is 1080. The minimum atomic E-state index is -0.457. The van der Waals surface area contributed by atoms with Gasteiger partial charge in [0.1, 0.15) is 0 Å². The Kier molecular flexibility index (Phi) is 3.56. The van der Waals surface area contributed by atoms with Crippen molar-refractivity contribution >= 4 is 22.7 Å². The molecular formula is C19H17N3O5. The van der Waals surface area contributed by atoms with Gasteiger partial charge in [0.15, 0.2) is 17.1 Å². The van der Waals surface area contributed by atoms with Crippen molar-refractivity contribution in [2.75, 3.05) is 37.9 Å². The van der Waals surface area contributed by atoms with E-state index in [0.717, 1.165) is 5.69 Å². The molecule has 0 atom stereocenters. The number of nitrogens with zero attached hydrogens (tertiary/aromatic N) is 2. The number of amides is 1. The number of ether oxygens (including phenoxy) is 2. The number of aromatic nitrogens is 1. The number of oxazole rings is 1. The number of H-pyrrole nitrogens is 1. The first-order chi connectivity index (χ1) is 13.2. The van der Waals surface area contributed by atoms with Gasteiger partial charge in [0.05, 0.1) is 5.52 Å². The number of hydrogen-bond acceptors (Lipinski definition) is 6. The van der Waals surface area contributed by atoms with Gasteiger partial charge in [-0.25, -0.2) is 4.79 Å². The average molecular weight is 367 g/mol. The first kappa shape index (κ1) is 15.8. The minimum Gasteiger partial charge on any atom is -0.454 e. The Hall–Kier alpha value is -3.42. The second kappa shape index (κ2) is 6.08. The second-order valence-corrected chi connectivity index (χ2v) is 6.54. The lowest BCUT2D eigenvalue weighted by Gasteiger charge is -2.36. The van der Waals surface area contributed by atoms with E-state index < -0.39 is 5.76 Å². The maximum absolute atomic E-state index is 12.8. The normalized spacial score (nSPS) is 16.1. The molecule has 5 rings (SSSR count). The summed E-state index contributed by atoms with van der Waals surface area (Å²) < 4.78 is 15.7. The molecule has 1 saturated heterocycles. The summed E-state index contributed by atoms with van der Waals surface area (Å²) in [6, 6.07) is 10.9. The molecule has 0 aliphatic carbocycles. The van der Waals surface area contributed by atoms with E-state index in [4.69, 9.17) is 13.9 Å². The van der Waals surface area contributed by atoms with Gasteiger partial charge in [-0.1, -0.05) is 0 Å². The lowest BCUT2D eigenvalue weighted by molar-refractivity contribution is 0.0746. The summed E-state index contributed by atoms with van der Waals surface area (Å²) >= 11 is 0. The maximum atomic E-state index is 12.8. The molecule has 1 amide bonds. The lowest BCUT2D eigenvalue weighted by Crippen LogP contribution is -2.48. The summed E-state index contributed by atoms with van der Waals surface area (Å²) in [7, 11) is 0. The molecule has 0 spiro atoms. The van der Waals surface area contributed by atoms with Crippen LogP contribution < -0.4 is 20.1 Å². The van der Waals surface area contributed by atoms with Crippen LogP contribution in [-0.4, -0.2) is 48.8 Å². The molecule has 27 heavy (non-hydrogen) atoms. The Balaban J connectivity index is 1.29. The molecule has 8 heteroatoms. The van der Waals surface area contributed by atoms with Crippen molar-refractivity contribution in [1.29, 1.82) is 0 Å². The monoisotopic (exact) mass is 367 g/mol. The van der Waals surface area contributed by atoms with Gasteiger partial charge >= 0.3 is 5.76 Å². The summed E-state index contributed by atoms with van der Waals surface area (Å²) in [4.78, 5) is 30.8. The van der Waals surface area contributed by atoms with Crippen LogP contribution >= 0.6 is 0 Å². The van der Waals surface area contributed by atoms with Crippen LogP contribution in [0.3, 0.4) is 0 Å². The van der Waals surface area contributed by atoms with Gasteiger partial charge in [0, 0.05) is 37.4 Å². The smallest absolute Gasteiger partial charge is 0.417 e. The van der Waals surface area contributed by atoms with E-state index >= 15 is 0 Å². The summed E-state index contributed by atoms with van der Waals surface area (Å²) in [5, 5.41) is 0. The fourth-order valence-electron chi connectivity index (χ4n) is 3.52. The highest BCUT2D eigenvalue weighted by Crippen LogP contribution is 2.33. The van der Waals surface area contributed by atoms with Gasteiger partial charge < -0.3 is 23.7 Å². The van der Waals surface area contributed by atoms with E-state index in [-0.39, 0.29) is 12.7 Å². The highest BCUT2D eigenvalue weighted by Gasteiger charge is 2.24. The number of hydrogen-bond donors (Lipinski definition) is 1. The number of rotatable bonds is 2. The topological polar surface area (TPSA) is 88.0 Å². The van der Waals surface area contributed by atoms with E-state index in [1.165, 1.54) is 0 Å². The van der Waals surface area contributed by atoms with E-state index in [1.54, 1.807) is 24.3 Å². The molecule has 0 bridgehead atoms. The third-order valence-electron chi connectivity index (χ3n) is 4.95.